The van der Waals surface area contributed by atoms with Gasteiger partial charge in [0.05, 0.1) is 0 Å². The molecule has 0 saturated carbocycles. The van der Waals surface area contributed by atoms with Crippen LogP contribution in [0, 0.1) is 5.41 Å². The maximum Gasteiger partial charge on any atom is 0.246 e. The van der Waals surface area contributed by atoms with Gasteiger partial charge in [-0.25, -0.2) is 4.39 Å². The van der Waals surface area contributed by atoms with E-state index in [9.17, 15) is 14.0 Å². The minimum atomic E-state index is -0.582. The number of carbonyl (C=O) groups is 2. The molecule has 1 heterocycles. The molecule has 0 aromatic heterocycles. The monoisotopic (exact) mass is 244 g/mol. The van der Waals surface area contributed by atoms with E-state index in [4.69, 9.17) is 0 Å². The second-order valence-corrected chi connectivity index (χ2v) is 5.64. The van der Waals surface area contributed by atoms with Gasteiger partial charge in [0.1, 0.15) is 12.7 Å². The van der Waals surface area contributed by atoms with Gasteiger partial charge in [0.15, 0.2) is 0 Å². The van der Waals surface area contributed by atoms with Gasteiger partial charge >= 0.3 is 0 Å². The molecule has 0 aliphatic carbocycles. The van der Waals surface area contributed by atoms with Gasteiger partial charge in [0, 0.05) is 19.0 Å². The maximum atomic E-state index is 12.5. The third kappa shape index (κ3) is 3.17. The van der Waals surface area contributed by atoms with Gasteiger partial charge in [-0.1, -0.05) is 20.8 Å². The molecule has 2 unspecified atom stereocenters. The van der Waals surface area contributed by atoms with Crippen molar-refractivity contribution < 1.29 is 14.0 Å². The summed E-state index contributed by atoms with van der Waals surface area (Å²) in [6, 6.07) is -0.822. The summed E-state index contributed by atoms with van der Waals surface area (Å²) in [4.78, 5) is 25.4. The average molecular weight is 244 g/mol. The molecule has 0 spiro atoms. The van der Waals surface area contributed by atoms with E-state index in [0.717, 1.165) is 0 Å². The number of nitrogens with one attached hydrogen (secondary N) is 1. The van der Waals surface area contributed by atoms with Crippen molar-refractivity contribution in [3.05, 3.63) is 0 Å². The molecule has 1 fully saturated rings. The highest BCUT2D eigenvalue weighted by Crippen LogP contribution is 2.24. The first-order valence-corrected chi connectivity index (χ1v) is 5.93. The Balaban J connectivity index is 3.00. The fourth-order valence-corrected chi connectivity index (χ4v) is 2.05. The lowest BCUT2D eigenvalue weighted by Crippen LogP contribution is -2.53. The minimum Gasteiger partial charge on any atom is -0.344 e. The van der Waals surface area contributed by atoms with Crippen LogP contribution >= 0.6 is 0 Å². The Morgan fingerprint density at radius 2 is 2.00 bits per heavy atom. The molecule has 1 saturated heterocycles. The second-order valence-electron chi connectivity index (χ2n) is 5.64. The number of rotatable bonds is 2. The van der Waals surface area contributed by atoms with Crippen molar-refractivity contribution in [2.45, 2.75) is 46.2 Å². The van der Waals surface area contributed by atoms with Crippen LogP contribution in [-0.4, -0.2) is 42.0 Å². The highest BCUT2D eigenvalue weighted by molar-refractivity contribution is 5.91. The van der Waals surface area contributed by atoms with Crippen LogP contribution in [0.15, 0.2) is 0 Å². The molecule has 1 N–H and O–H groups in total. The SMILES string of the molecule is CC1CC(=O)NC(C(C)(C)C)C(=O)N1CCF. The largest absolute Gasteiger partial charge is 0.344 e. The van der Waals surface area contributed by atoms with Gasteiger partial charge in [0.25, 0.3) is 0 Å². The Kier molecular flexibility index (Phi) is 4.11. The zero-order chi connectivity index (χ0) is 13.2. The van der Waals surface area contributed by atoms with Gasteiger partial charge in [-0.15, -0.1) is 0 Å². The van der Waals surface area contributed by atoms with E-state index < -0.39 is 12.7 Å². The van der Waals surface area contributed by atoms with Crippen LogP contribution in [0.3, 0.4) is 0 Å². The van der Waals surface area contributed by atoms with Gasteiger partial charge < -0.3 is 10.2 Å². The number of hydrogen-bond acceptors (Lipinski definition) is 2. The Bertz CT molecular complexity index is 312. The summed E-state index contributed by atoms with van der Waals surface area (Å²) in [6.45, 7) is 6.92. The van der Waals surface area contributed by atoms with E-state index in [0.29, 0.717) is 0 Å². The van der Waals surface area contributed by atoms with Crippen molar-refractivity contribution in [1.82, 2.24) is 10.2 Å². The van der Waals surface area contributed by atoms with Crippen molar-refractivity contribution in [2.75, 3.05) is 13.2 Å². The number of halogens is 1. The van der Waals surface area contributed by atoms with E-state index >= 15 is 0 Å². The third-order valence-electron chi connectivity index (χ3n) is 3.04. The molecule has 98 valence electrons. The topological polar surface area (TPSA) is 49.4 Å². The van der Waals surface area contributed by atoms with Crippen molar-refractivity contribution in [1.29, 1.82) is 0 Å². The van der Waals surface area contributed by atoms with Crippen LogP contribution in [0.5, 0.6) is 0 Å². The summed E-state index contributed by atoms with van der Waals surface area (Å²) in [5, 5.41) is 2.73. The Hall–Kier alpha value is -1.13. The van der Waals surface area contributed by atoms with Crippen LogP contribution in [0.4, 0.5) is 4.39 Å². The summed E-state index contributed by atoms with van der Waals surface area (Å²) in [6.07, 6.45) is 0.234. The molecule has 2 atom stereocenters. The van der Waals surface area contributed by atoms with Crippen molar-refractivity contribution in [2.24, 2.45) is 5.41 Å². The van der Waals surface area contributed by atoms with E-state index in [1.54, 1.807) is 6.92 Å². The van der Waals surface area contributed by atoms with Crippen LogP contribution in [0.2, 0.25) is 0 Å². The zero-order valence-corrected chi connectivity index (χ0v) is 10.9. The van der Waals surface area contributed by atoms with Gasteiger partial charge in [-0.3, -0.25) is 9.59 Å². The quantitative estimate of drug-likeness (QED) is 0.791. The second kappa shape index (κ2) is 5.02. The summed E-state index contributed by atoms with van der Waals surface area (Å²) in [5.41, 5.74) is -0.370. The Morgan fingerprint density at radius 3 is 2.47 bits per heavy atom. The van der Waals surface area contributed by atoms with Crippen LogP contribution in [-0.2, 0) is 9.59 Å². The zero-order valence-electron chi connectivity index (χ0n) is 10.9. The molecule has 0 radical (unpaired) electrons. The molecule has 5 heteroatoms. The van der Waals surface area contributed by atoms with E-state index in [1.165, 1.54) is 4.90 Å². The fourth-order valence-electron chi connectivity index (χ4n) is 2.05. The molecule has 0 bridgehead atoms. The lowest BCUT2D eigenvalue weighted by Gasteiger charge is -2.33. The van der Waals surface area contributed by atoms with Gasteiger partial charge in [0.2, 0.25) is 11.8 Å². The summed E-state index contributed by atoms with van der Waals surface area (Å²) in [5.74, 6) is -0.333. The van der Waals surface area contributed by atoms with Crippen LogP contribution in [0.25, 0.3) is 0 Å². The molecule has 1 aliphatic rings. The minimum absolute atomic E-state index is 0.0571. The smallest absolute Gasteiger partial charge is 0.246 e. The molecular weight excluding hydrogens is 223 g/mol. The average Bonchev–Trinajstić information content (AvgIpc) is 2.28. The van der Waals surface area contributed by atoms with Crippen LogP contribution < -0.4 is 5.32 Å². The van der Waals surface area contributed by atoms with Crippen molar-refractivity contribution >= 4 is 11.8 Å². The summed E-state index contributed by atoms with van der Waals surface area (Å²) >= 11 is 0. The van der Waals surface area contributed by atoms with E-state index in [1.807, 2.05) is 20.8 Å². The predicted octanol–water partition coefficient (Wildman–Crippen LogP) is 1.11. The lowest BCUT2D eigenvalue weighted by molar-refractivity contribution is -0.137. The Morgan fingerprint density at radius 1 is 1.41 bits per heavy atom. The predicted molar refractivity (Wildman–Crippen MR) is 63.2 cm³/mol. The van der Waals surface area contributed by atoms with Crippen molar-refractivity contribution in [3.63, 3.8) is 0 Å². The standard InChI is InChI=1S/C12H21FN2O2/c1-8-7-9(16)14-10(12(2,3)4)11(17)15(8)6-5-13/h8,10H,5-7H2,1-4H3,(H,14,16). The number of hydrogen-bond donors (Lipinski definition) is 1. The van der Waals surface area contributed by atoms with Gasteiger partial charge in [-0.05, 0) is 12.3 Å². The summed E-state index contributed by atoms with van der Waals surface area (Å²) in [7, 11) is 0. The number of alkyl halides is 1. The third-order valence-corrected chi connectivity index (χ3v) is 3.04. The van der Waals surface area contributed by atoms with E-state index in [2.05, 4.69) is 5.32 Å². The normalized spacial score (nSPS) is 26.8. The summed E-state index contributed by atoms with van der Waals surface area (Å²) < 4.78 is 12.5. The molecule has 2 amide bonds. The number of nitrogens with zero attached hydrogens (tertiary/aromatic N) is 1. The molecule has 1 rings (SSSR count). The fraction of sp³-hybridized carbons (Fsp3) is 0.833. The Labute approximate surface area is 102 Å². The molecule has 1 aliphatic heterocycles. The highest BCUT2D eigenvalue weighted by atomic mass is 19.1. The first-order chi connectivity index (χ1) is 7.77. The number of amides is 2. The lowest BCUT2D eigenvalue weighted by atomic mass is 9.86. The van der Waals surface area contributed by atoms with Gasteiger partial charge in [-0.2, -0.15) is 0 Å². The molecular formula is C12H21FN2O2. The highest BCUT2D eigenvalue weighted by Gasteiger charge is 2.39. The molecule has 4 nitrogen and oxygen atoms in total. The van der Waals surface area contributed by atoms with Crippen molar-refractivity contribution in [3.8, 4) is 0 Å². The van der Waals surface area contributed by atoms with E-state index in [-0.39, 0.29) is 36.2 Å². The maximum absolute atomic E-state index is 12.5. The number of carbonyl (C=O) groups excluding carboxylic acids is 2. The molecule has 0 aromatic carbocycles. The van der Waals surface area contributed by atoms with Crippen LogP contribution in [0.1, 0.15) is 34.1 Å². The molecule has 0 aromatic rings. The first kappa shape index (κ1) is 13.9. The molecule has 17 heavy (non-hydrogen) atoms. The first-order valence-electron chi connectivity index (χ1n) is 5.93.